The van der Waals surface area contributed by atoms with Crippen molar-refractivity contribution in [3.63, 3.8) is 0 Å². The fraction of sp³-hybridized carbons (Fsp3) is 0.235. The van der Waals surface area contributed by atoms with Crippen LogP contribution in [0.4, 0.5) is 5.88 Å². The predicted octanol–water partition coefficient (Wildman–Crippen LogP) is 3.06. The molecule has 1 aromatic carbocycles. The van der Waals surface area contributed by atoms with E-state index in [1.807, 2.05) is 16.3 Å². The van der Waals surface area contributed by atoms with E-state index in [9.17, 15) is 9.90 Å². The Kier molecular flexibility index (Phi) is 3.55. The first-order valence-electron chi connectivity index (χ1n) is 7.40. The van der Waals surface area contributed by atoms with Gasteiger partial charge in [-0.2, -0.15) is 0 Å². The van der Waals surface area contributed by atoms with Crippen LogP contribution in [0, 0.1) is 0 Å². The third kappa shape index (κ3) is 2.60. The molecule has 4 rings (SSSR count). The highest BCUT2D eigenvalue weighted by atomic mass is 32.1. The molecule has 6 heteroatoms. The molecule has 1 aliphatic rings. The van der Waals surface area contributed by atoms with Crippen LogP contribution in [0.15, 0.2) is 44.9 Å². The van der Waals surface area contributed by atoms with E-state index in [0.29, 0.717) is 42.5 Å². The van der Waals surface area contributed by atoms with Crippen molar-refractivity contribution >= 4 is 27.5 Å². The van der Waals surface area contributed by atoms with Crippen molar-refractivity contribution in [1.82, 2.24) is 0 Å². The van der Waals surface area contributed by atoms with Gasteiger partial charge in [-0.05, 0) is 17.7 Å². The van der Waals surface area contributed by atoms with E-state index < -0.39 is 0 Å². The number of phenols is 1. The maximum atomic E-state index is 12.4. The summed E-state index contributed by atoms with van der Waals surface area (Å²) in [5.74, 6) is 0.763. The molecule has 3 heterocycles. The van der Waals surface area contributed by atoms with Crippen LogP contribution < -0.4 is 10.3 Å². The molecule has 0 radical (unpaired) electrons. The number of hydrogen-bond donors (Lipinski definition) is 1. The van der Waals surface area contributed by atoms with Gasteiger partial charge in [-0.3, -0.25) is 4.79 Å². The molecule has 1 saturated heterocycles. The number of thiophene rings is 1. The predicted molar refractivity (Wildman–Crippen MR) is 90.5 cm³/mol. The van der Waals surface area contributed by atoms with Crippen molar-refractivity contribution in [2.24, 2.45) is 0 Å². The number of aromatic hydroxyl groups is 1. The van der Waals surface area contributed by atoms with Crippen molar-refractivity contribution in [3.8, 4) is 16.9 Å². The van der Waals surface area contributed by atoms with E-state index in [-0.39, 0.29) is 11.2 Å². The van der Waals surface area contributed by atoms with Crippen molar-refractivity contribution in [3.05, 3.63) is 45.9 Å². The first-order valence-corrected chi connectivity index (χ1v) is 8.28. The van der Waals surface area contributed by atoms with Gasteiger partial charge in [0.05, 0.1) is 13.2 Å². The minimum atomic E-state index is -0.0378. The molecular formula is C17H15NO4S. The maximum absolute atomic E-state index is 12.4. The summed E-state index contributed by atoms with van der Waals surface area (Å²) in [5.41, 5.74) is 2.20. The lowest BCUT2D eigenvalue weighted by molar-refractivity contribution is 0.121. The number of ether oxygens (including phenoxy) is 1. The molecule has 1 fully saturated rings. The molecule has 0 saturated carbocycles. The van der Waals surface area contributed by atoms with Gasteiger partial charge in [0, 0.05) is 30.1 Å². The summed E-state index contributed by atoms with van der Waals surface area (Å²) in [7, 11) is 0. The first-order chi connectivity index (χ1) is 11.2. The Bertz CT molecular complexity index is 908. The Hall–Kier alpha value is -2.31. The smallest absolute Gasteiger partial charge is 0.204 e. The Morgan fingerprint density at radius 3 is 2.78 bits per heavy atom. The molecule has 118 valence electrons. The zero-order valence-electron chi connectivity index (χ0n) is 12.3. The van der Waals surface area contributed by atoms with Crippen LogP contribution >= 0.6 is 11.3 Å². The molecule has 0 aliphatic carbocycles. The highest BCUT2D eigenvalue weighted by molar-refractivity contribution is 7.17. The number of nitrogens with zero attached hydrogens (tertiary/aromatic N) is 1. The lowest BCUT2D eigenvalue weighted by atomic mass is 10.1. The van der Waals surface area contributed by atoms with E-state index in [1.165, 1.54) is 11.3 Å². The van der Waals surface area contributed by atoms with Crippen LogP contribution in [0.1, 0.15) is 0 Å². The monoisotopic (exact) mass is 329 g/mol. The number of morpholine rings is 1. The number of hydrogen-bond acceptors (Lipinski definition) is 6. The largest absolute Gasteiger partial charge is 0.508 e. The average molecular weight is 329 g/mol. The molecule has 2 aromatic heterocycles. The Morgan fingerprint density at radius 2 is 2.00 bits per heavy atom. The molecule has 0 spiro atoms. The summed E-state index contributed by atoms with van der Waals surface area (Å²) in [4.78, 5) is 14.4. The number of rotatable bonds is 2. The average Bonchev–Trinajstić information content (AvgIpc) is 3.00. The normalized spacial score (nSPS) is 15.2. The fourth-order valence-electron chi connectivity index (χ4n) is 2.74. The second-order valence-corrected chi connectivity index (χ2v) is 6.29. The molecule has 1 N–H and O–H groups in total. The van der Waals surface area contributed by atoms with E-state index >= 15 is 0 Å². The Labute approximate surface area is 136 Å². The lowest BCUT2D eigenvalue weighted by Gasteiger charge is -2.27. The van der Waals surface area contributed by atoms with Gasteiger partial charge in [0.25, 0.3) is 0 Å². The Balaban J connectivity index is 1.86. The highest BCUT2D eigenvalue weighted by Crippen LogP contribution is 2.35. The molecule has 23 heavy (non-hydrogen) atoms. The zero-order valence-corrected chi connectivity index (χ0v) is 13.1. The number of anilines is 1. The van der Waals surface area contributed by atoms with Crippen molar-refractivity contribution in [2.75, 3.05) is 31.2 Å². The zero-order chi connectivity index (χ0) is 15.8. The van der Waals surface area contributed by atoms with Gasteiger partial charge < -0.3 is 19.2 Å². The van der Waals surface area contributed by atoms with E-state index in [0.717, 1.165) is 11.1 Å². The number of fused-ring (bicyclic) bond motifs is 1. The van der Waals surface area contributed by atoms with Gasteiger partial charge in [-0.25, -0.2) is 0 Å². The molecular weight excluding hydrogens is 314 g/mol. The van der Waals surface area contributed by atoms with Crippen molar-refractivity contribution in [1.29, 1.82) is 0 Å². The molecule has 1 aliphatic heterocycles. The van der Waals surface area contributed by atoms with E-state index in [2.05, 4.69) is 0 Å². The van der Waals surface area contributed by atoms with E-state index in [1.54, 1.807) is 24.3 Å². The van der Waals surface area contributed by atoms with Gasteiger partial charge >= 0.3 is 0 Å². The lowest BCUT2D eigenvalue weighted by Crippen LogP contribution is -2.36. The fourth-order valence-corrected chi connectivity index (χ4v) is 3.65. The van der Waals surface area contributed by atoms with Gasteiger partial charge in [0.15, 0.2) is 11.5 Å². The minimum absolute atomic E-state index is 0.0378. The summed E-state index contributed by atoms with van der Waals surface area (Å²) >= 11 is 1.37. The van der Waals surface area contributed by atoms with Crippen LogP contribution in [0.2, 0.25) is 0 Å². The van der Waals surface area contributed by atoms with Crippen LogP contribution in [0.25, 0.3) is 21.4 Å². The molecule has 0 bridgehead atoms. The van der Waals surface area contributed by atoms with Gasteiger partial charge in [0.2, 0.25) is 5.43 Å². The first kappa shape index (κ1) is 14.3. The molecule has 0 atom stereocenters. The quantitative estimate of drug-likeness (QED) is 0.783. The molecule has 3 aromatic rings. The van der Waals surface area contributed by atoms with Crippen LogP contribution in [-0.2, 0) is 4.74 Å². The summed E-state index contributed by atoms with van der Waals surface area (Å²) in [6, 6.07) is 8.51. The van der Waals surface area contributed by atoms with Gasteiger partial charge in [-0.15, -0.1) is 11.3 Å². The number of benzene rings is 1. The molecule has 0 amide bonds. The Morgan fingerprint density at radius 1 is 1.17 bits per heavy atom. The second kappa shape index (κ2) is 5.72. The van der Waals surface area contributed by atoms with Gasteiger partial charge in [-0.1, -0.05) is 12.1 Å². The summed E-state index contributed by atoms with van der Waals surface area (Å²) < 4.78 is 12.0. The third-order valence-electron chi connectivity index (χ3n) is 3.91. The molecule has 5 nitrogen and oxygen atoms in total. The highest BCUT2D eigenvalue weighted by Gasteiger charge is 2.18. The standard InChI is InChI=1S/C17H15NO4S/c19-12-3-1-2-11(8-12)13-10-23-17-14(20)9-15(22-16(13)17)18-4-6-21-7-5-18/h1-3,8-10,19H,4-7H2. The van der Waals surface area contributed by atoms with Crippen LogP contribution in [-0.4, -0.2) is 31.4 Å². The molecule has 0 unspecified atom stereocenters. The van der Waals surface area contributed by atoms with Gasteiger partial charge in [0.1, 0.15) is 10.4 Å². The number of phenolic OH excluding ortho intramolecular Hbond substituents is 1. The van der Waals surface area contributed by atoms with Crippen LogP contribution in [0.5, 0.6) is 5.75 Å². The summed E-state index contributed by atoms with van der Waals surface area (Å²) in [6.07, 6.45) is 0. The van der Waals surface area contributed by atoms with Crippen molar-refractivity contribution in [2.45, 2.75) is 0 Å². The van der Waals surface area contributed by atoms with E-state index in [4.69, 9.17) is 9.15 Å². The topological polar surface area (TPSA) is 62.9 Å². The third-order valence-corrected chi connectivity index (χ3v) is 4.89. The maximum Gasteiger partial charge on any atom is 0.204 e. The second-order valence-electron chi connectivity index (χ2n) is 5.41. The SMILES string of the molecule is O=c1cc(N2CCOCC2)oc2c(-c3cccc(O)c3)csc12. The minimum Gasteiger partial charge on any atom is -0.508 e. The summed E-state index contributed by atoms with van der Waals surface area (Å²) in [5, 5.41) is 11.6. The van der Waals surface area contributed by atoms with Crippen molar-refractivity contribution < 1.29 is 14.3 Å². The summed E-state index contributed by atoms with van der Waals surface area (Å²) in [6.45, 7) is 2.68. The van der Waals surface area contributed by atoms with Crippen LogP contribution in [0.3, 0.4) is 0 Å².